The second-order valence-electron chi connectivity index (χ2n) is 5.06. The first-order chi connectivity index (χ1) is 9.61. The van der Waals surface area contributed by atoms with Gasteiger partial charge in [0, 0.05) is 26.4 Å². The fraction of sp³-hybridized carbons (Fsp3) is 0.467. The Hall–Kier alpha value is -2.06. The number of amides is 1. The molecular weight excluding hydrogens is 254 g/mol. The van der Waals surface area contributed by atoms with Crippen LogP contribution in [-0.4, -0.2) is 32.7 Å². The molecule has 1 heterocycles. The highest BCUT2D eigenvalue weighted by molar-refractivity contribution is 5.81. The third kappa shape index (κ3) is 3.28. The summed E-state index contributed by atoms with van der Waals surface area (Å²) in [5, 5.41) is 12.0. The quantitative estimate of drug-likeness (QED) is 0.905. The van der Waals surface area contributed by atoms with Crippen molar-refractivity contribution in [2.45, 2.75) is 25.0 Å². The predicted molar refractivity (Wildman–Crippen MR) is 76.2 cm³/mol. The smallest absolute Gasteiger partial charge is 0.250 e. The van der Waals surface area contributed by atoms with E-state index in [0.717, 1.165) is 24.1 Å². The number of nitriles is 1. The van der Waals surface area contributed by atoms with Gasteiger partial charge in [0.25, 0.3) is 0 Å². The first-order valence-electron chi connectivity index (χ1n) is 6.70. The van der Waals surface area contributed by atoms with E-state index in [-0.39, 0.29) is 5.91 Å². The number of hydrogen-bond donors (Lipinski definition) is 1. The molecule has 1 aliphatic heterocycles. The van der Waals surface area contributed by atoms with Crippen molar-refractivity contribution in [3.05, 3.63) is 29.8 Å². The van der Waals surface area contributed by atoms with Gasteiger partial charge in [0.1, 0.15) is 12.1 Å². The molecule has 1 aromatic rings. The van der Waals surface area contributed by atoms with Gasteiger partial charge in [-0.15, -0.1) is 0 Å². The Morgan fingerprint density at radius 1 is 1.45 bits per heavy atom. The zero-order chi connectivity index (χ0) is 14.5. The van der Waals surface area contributed by atoms with E-state index >= 15 is 0 Å². The normalized spacial score (nSPS) is 19.1. The molecule has 0 bridgehead atoms. The van der Waals surface area contributed by atoms with Crippen LogP contribution in [0.15, 0.2) is 24.3 Å². The molecule has 1 amide bonds. The molecule has 2 rings (SSSR count). The monoisotopic (exact) mass is 273 g/mol. The van der Waals surface area contributed by atoms with Crippen LogP contribution in [0.4, 0.5) is 5.69 Å². The summed E-state index contributed by atoms with van der Waals surface area (Å²) in [7, 11) is 3.91. The molecule has 1 saturated heterocycles. The van der Waals surface area contributed by atoms with Crippen LogP contribution in [-0.2, 0) is 9.53 Å². The van der Waals surface area contributed by atoms with E-state index in [0.29, 0.717) is 6.61 Å². The summed E-state index contributed by atoms with van der Waals surface area (Å²) in [6.45, 7) is 0.618. The zero-order valence-corrected chi connectivity index (χ0v) is 11.8. The van der Waals surface area contributed by atoms with E-state index in [2.05, 4.69) is 11.4 Å². The summed E-state index contributed by atoms with van der Waals surface area (Å²) in [6, 6.07) is 9.06. The Balaban J connectivity index is 2.04. The molecule has 0 aromatic heterocycles. The van der Waals surface area contributed by atoms with Crippen LogP contribution in [0, 0.1) is 11.3 Å². The van der Waals surface area contributed by atoms with Gasteiger partial charge in [-0.3, -0.25) is 4.79 Å². The summed E-state index contributed by atoms with van der Waals surface area (Å²) in [4.78, 5) is 13.9. The molecule has 5 heteroatoms. The van der Waals surface area contributed by atoms with Gasteiger partial charge in [0.15, 0.2) is 0 Å². The molecule has 0 saturated carbocycles. The van der Waals surface area contributed by atoms with Gasteiger partial charge in [-0.25, -0.2) is 0 Å². The lowest BCUT2D eigenvalue weighted by atomic mass is 10.1. The molecule has 1 N–H and O–H groups in total. The largest absolute Gasteiger partial charge is 0.378 e. The Morgan fingerprint density at radius 3 is 2.65 bits per heavy atom. The average Bonchev–Trinajstić information content (AvgIpc) is 2.99. The van der Waals surface area contributed by atoms with Gasteiger partial charge in [-0.2, -0.15) is 5.26 Å². The van der Waals surface area contributed by atoms with E-state index in [4.69, 9.17) is 4.74 Å². The first kappa shape index (κ1) is 14.4. The number of carbonyl (C=O) groups is 1. The van der Waals surface area contributed by atoms with Gasteiger partial charge in [-0.1, -0.05) is 12.1 Å². The molecule has 0 radical (unpaired) electrons. The zero-order valence-electron chi connectivity index (χ0n) is 11.8. The maximum Gasteiger partial charge on any atom is 0.250 e. The highest BCUT2D eigenvalue weighted by Crippen LogP contribution is 2.19. The Bertz CT molecular complexity index is 499. The lowest BCUT2D eigenvalue weighted by Gasteiger charge is -2.17. The lowest BCUT2D eigenvalue weighted by Crippen LogP contribution is -2.36. The van der Waals surface area contributed by atoms with E-state index in [9.17, 15) is 10.1 Å². The fourth-order valence-electron chi connectivity index (χ4n) is 2.17. The van der Waals surface area contributed by atoms with E-state index in [1.54, 1.807) is 0 Å². The van der Waals surface area contributed by atoms with Crippen LogP contribution in [0.25, 0.3) is 0 Å². The van der Waals surface area contributed by atoms with Gasteiger partial charge >= 0.3 is 0 Å². The summed E-state index contributed by atoms with van der Waals surface area (Å²) < 4.78 is 5.32. The van der Waals surface area contributed by atoms with Crippen LogP contribution < -0.4 is 10.2 Å². The van der Waals surface area contributed by atoms with Crippen molar-refractivity contribution in [1.29, 1.82) is 5.26 Å². The van der Waals surface area contributed by atoms with Crippen LogP contribution in [0.1, 0.15) is 24.4 Å². The van der Waals surface area contributed by atoms with Crippen LogP contribution in [0.2, 0.25) is 0 Å². The number of benzene rings is 1. The molecule has 2 atom stereocenters. The van der Waals surface area contributed by atoms with E-state index in [1.807, 2.05) is 43.3 Å². The second-order valence-corrected chi connectivity index (χ2v) is 5.06. The molecule has 20 heavy (non-hydrogen) atoms. The van der Waals surface area contributed by atoms with E-state index in [1.165, 1.54) is 0 Å². The SMILES string of the molecule is CN(C)c1ccc(C(C#N)NC(=O)C2CCCO2)cc1. The average molecular weight is 273 g/mol. The van der Waals surface area contributed by atoms with Gasteiger partial charge in [0.05, 0.1) is 6.07 Å². The number of ether oxygens (including phenoxy) is 1. The molecular formula is C15H19N3O2. The Labute approximate surface area is 119 Å². The van der Waals surface area contributed by atoms with Crippen molar-refractivity contribution in [1.82, 2.24) is 5.32 Å². The highest BCUT2D eigenvalue weighted by Gasteiger charge is 2.26. The maximum atomic E-state index is 12.0. The minimum absolute atomic E-state index is 0.203. The number of anilines is 1. The molecule has 0 aliphatic carbocycles. The number of hydrogen-bond acceptors (Lipinski definition) is 4. The van der Waals surface area contributed by atoms with Crippen molar-refractivity contribution >= 4 is 11.6 Å². The van der Waals surface area contributed by atoms with Crippen molar-refractivity contribution in [3.8, 4) is 6.07 Å². The fourth-order valence-corrected chi connectivity index (χ4v) is 2.17. The third-order valence-corrected chi connectivity index (χ3v) is 3.38. The van der Waals surface area contributed by atoms with Crippen molar-refractivity contribution in [3.63, 3.8) is 0 Å². The summed E-state index contributed by atoms with van der Waals surface area (Å²) in [6.07, 6.45) is 1.21. The Morgan fingerprint density at radius 2 is 2.15 bits per heavy atom. The molecule has 1 aromatic carbocycles. The maximum absolute atomic E-state index is 12.0. The molecule has 5 nitrogen and oxygen atoms in total. The minimum atomic E-state index is -0.636. The molecule has 0 spiro atoms. The number of nitrogens with zero attached hydrogens (tertiary/aromatic N) is 2. The van der Waals surface area contributed by atoms with Crippen LogP contribution in [0.3, 0.4) is 0 Å². The third-order valence-electron chi connectivity index (χ3n) is 3.38. The van der Waals surface area contributed by atoms with Crippen LogP contribution in [0.5, 0.6) is 0 Å². The standard InChI is InChI=1S/C15H19N3O2/c1-18(2)12-7-5-11(6-8-12)13(10-16)17-15(19)14-4-3-9-20-14/h5-8,13-14H,3-4,9H2,1-2H3,(H,17,19). The number of rotatable bonds is 4. The van der Waals surface area contributed by atoms with Crippen molar-refractivity contribution in [2.24, 2.45) is 0 Å². The van der Waals surface area contributed by atoms with Crippen molar-refractivity contribution in [2.75, 3.05) is 25.6 Å². The van der Waals surface area contributed by atoms with Crippen LogP contribution >= 0.6 is 0 Å². The van der Waals surface area contributed by atoms with Gasteiger partial charge in [-0.05, 0) is 30.5 Å². The summed E-state index contributed by atoms with van der Waals surface area (Å²) in [5.74, 6) is -0.203. The van der Waals surface area contributed by atoms with Crippen molar-refractivity contribution < 1.29 is 9.53 Å². The first-order valence-corrected chi connectivity index (χ1v) is 6.70. The Kier molecular flexibility index (Phi) is 4.59. The van der Waals surface area contributed by atoms with E-state index < -0.39 is 12.1 Å². The molecule has 1 aliphatic rings. The molecule has 106 valence electrons. The molecule has 2 unspecified atom stereocenters. The number of carbonyl (C=O) groups excluding carboxylic acids is 1. The number of nitrogens with one attached hydrogen (secondary N) is 1. The highest BCUT2D eigenvalue weighted by atomic mass is 16.5. The minimum Gasteiger partial charge on any atom is -0.378 e. The second kappa shape index (κ2) is 6.40. The predicted octanol–water partition coefficient (Wildman–Crippen LogP) is 1.61. The molecule has 1 fully saturated rings. The lowest BCUT2D eigenvalue weighted by molar-refractivity contribution is -0.130. The van der Waals surface area contributed by atoms with Gasteiger partial charge < -0.3 is 15.0 Å². The summed E-state index contributed by atoms with van der Waals surface area (Å²) in [5.41, 5.74) is 1.83. The van der Waals surface area contributed by atoms with Gasteiger partial charge in [0.2, 0.25) is 5.91 Å². The summed E-state index contributed by atoms with van der Waals surface area (Å²) >= 11 is 0. The topological polar surface area (TPSA) is 65.4 Å².